The minimum Gasteiger partial charge on any atom is -0.338 e. The predicted octanol–water partition coefficient (Wildman–Crippen LogP) is 3.52. The third-order valence-electron chi connectivity index (χ3n) is 9.51. The van der Waals surface area contributed by atoms with Crippen LogP contribution >= 0.6 is 0 Å². The molecular formula is C33H47FN8O4. The first-order chi connectivity index (χ1) is 22.1. The Bertz CT molecular complexity index is 1400. The molecule has 4 N–H and O–H groups in total. The third-order valence-corrected chi connectivity index (χ3v) is 9.51. The number of benzene rings is 1. The number of aryl methyl sites for hydroxylation is 1. The Kier molecular flexibility index (Phi) is 10.9. The molecule has 1 saturated heterocycles. The van der Waals surface area contributed by atoms with E-state index >= 15 is 4.39 Å². The van der Waals surface area contributed by atoms with Gasteiger partial charge in [-0.3, -0.25) is 14.4 Å². The van der Waals surface area contributed by atoms with Crippen molar-refractivity contribution >= 4 is 35.3 Å². The number of urea groups is 1. The lowest BCUT2D eigenvalue weighted by molar-refractivity contribution is -0.135. The van der Waals surface area contributed by atoms with Crippen molar-refractivity contribution in [2.45, 2.75) is 83.3 Å². The van der Waals surface area contributed by atoms with Gasteiger partial charge in [-0.15, -0.1) is 0 Å². The number of hydrogen-bond acceptors (Lipinski definition) is 6. The standard InChI is InChI=1S/C33H47FN8O4/c1-4-42-27(14-15-35-42)38-31(44)28(22-8-6-5-7-9-22)30(43)37-26-13-10-23(20-25(26)34)21(2)29(39-33(46)36-24-11-12-24)32(45)41-18-16-40(3)17-19-41/h10,13-15,20-22,24,28-29H,4-9,11-12,16-19H2,1-3H3,(H,37,43)(H,38,44)(H2,36,39,46)/t21-,28-,29+/m0/s1. The lowest BCUT2D eigenvalue weighted by Crippen LogP contribution is -2.57. The zero-order valence-corrected chi connectivity index (χ0v) is 27.1. The average molecular weight is 639 g/mol. The summed E-state index contributed by atoms with van der Waals surface area (Å²) < 4.78 is 17.3. The number of halogens is 1. The Morgan fingerprint density at radius 2 is 1.65 bits per heavy atom. The smallest absolute Gasteiger partial charge is 0.315 e. The van der Waals surface area contributed by atoms with Crippen LogP contribution in [-0.2, 0) is 20.9 Å². The molecule has 46 heavy (non-hydrogen) atoms. The zero-order chi connectivity index (χ0) is 32.8. The van der Waals surface area contributed by atoms with E-state index in [1.54, 1.807) is 34.8 Å². The Hall–Kier alpha value is -4.00. The van der Waals surface area contributed by atoms with Crippen LogP contribution in [0.1, 0.15) is 70.3 Å². The zero-order valence-electron chi connectivity index (χ0n) is 27.1. The minimum atomic E-state index is -1.00. The molecule has 3 aliphatic rings. The van der Waals surface area contributed by atoms with Crippen LogP contribution in [0.3, 0.4) is 0 Å². The summed E-state index contributed by atoms with van der Waals surface area (Å²) in [5, 5.41) is 15.4. The fourth-order valence-corrected chi connectivity index (χ4v) is 6.45. The molecule has 5 rings (SSSR count). The van der Waals surface area contributed by atoms with Gasteiger partial charge in [-0.2, -0.15) is 5.10 Å². The summed E-state index contributed by atoms with van der Waals surface area (Å²) in [5.74, 6) is -3.11. The fourth-order valence-electron chi connectivity index (χ4n) is 6.45. The lowest BCUT2D eigenvalue weighted by Gasteiger charge is -2.36. The normalized spacial score (nSPS) is 19.5. The number of carbonyl (C=O) groups excluding carboxylic acids is 4. The lowest BCUT2D eigenvalue weighted by atomic mass is 9.79. The van der Waals surface area contributed by atoms with Crippen LogP contribution in [-0.4, -0.2) is 88.6 Å². The maximum Gasteiger partial charge on any atom is 0.315 e. The number of carbonyl (C=O) groups is 4. The van der Waals surface area contributed by atoms with E-state index in [4.69, 9.17) is 0 Å². The van der Waals surface area contributed by atoms with Crippen LogP contribution < -0.4 is 21.3 Å². The minimum absolute atomic E-state index is 0.0467. The number of aromatic nitrogens is 2. The molecule has 5 amide bonds. The van der Waals surface area contributed by atoms with Crippen molar-refractivity contribution in [1.82, 2.24) is 30.2 Å². The number of nitrogens with zero attached hydrogens (tertiary/aromatic N) is 4. The maximum atomic E-state index is 15.7. The molecule has 3 atom stereocenters. The highest BCUT2D eigenvalue weighted by atomic mass is 19.1. The molecule has 0 bridgehead atoms. The molecule has 0 radical (unpaired) electrons. The van der Waals surface area contributed by atoms with Gasteiger partial charge in [-0.05, 0) is 63.3 Å². The molecule has 2 aromatic rings. The van der Waals surface area contributed by atoms with Gasteiger partial charge in [-0.1, -0.05) is 32.3 Å². The van der Waals surface area contributed by atoms with E-state index in [0.717, 1.165) is 58.0 Å². The second-order valence-electron chi connectivity index (χ2n) is 12.9. The van der Waals surface area contributed by atoms with E-state index in [1.165, 1.54) is 12.1 Å². The largest absolute Gasteiger partial charge is 0.338 e. The first kappa shape index (κ1) is 33.4. The van der Waals surface area contributed by atoms with Crippen LogP contribution in [0, 0.1) is 17.7 Å². The van der Waals surface area contributed by atoms with Gasteiger partial charge in [-0.25, -0.2) is 13.9 Å². The van der Waals surface area contributed by atoms with E-state index < -0.39 is 41.5 Å². The van der Waals surface area contributed by atoms with E-state index in [1.807, 2.05) is 14.0 Å². The quantitative estimate of drug-likeness (QED) is 0.278. The van der Waals surface area contributed by atoms with Crippen LogP contribution in [0.2, 0.25) is 0 Å². The van der Waals surface area contributed by atoms with Gasteiger partial charge in [0.1, 0.15) is 23.6 Å². The fraction of sp³-hybridized carbons (Fsp3) is 0.606. The van der Waals surface area contributed by atoms with Gasteiger partial charge in [0.05, 0.1) is 11.9 Å². The van der Waals surface area contributed by atoms with Crippen molar-refractivity contribution in [3.63, 3.8) is 0 Å². The van der Waals surface area contributed by atoms with Crippen molar-refractivity contribution in [3.8, 4) is 0 Å². The molecule has 12 nitrogen and oxygen atoms in total. The second kappa shape index (κ2) is 15.1. The average Bonchev–Trinajstić information content (AvgIpc) is 3.75. The van der Waals surface area contributed by atoms with Crippen LogP contribution in [0.25, 0.3) is 0 Å². The molecule has 0 unspecified atom stereocenters. The first-order valence-corrected chi connectivity index (χ1v) is 16.6. The van der Waals surface area contributed by atoms with E-state index in [9.17, 15) is 19.2 Å². The topological polar surface area (TPSA) is 141 Å². The third kappa shape index (κ3) is 8.23. The highest BCUT2D eigenvalue weighted by molar-refractivity contribution is 6.11. The van der Waals surface area contributed by atoms with Gasteiger partial charge < -0.3 is 31.1 Å². The molecule has 3 fully saturated rings. The van der Waals surface area contributed by atoms with Gasteiger partial charge >= 0.3 is 6.03 Å². The number of rotatable bonds is 11. The summed E-state index contributed by atoms with van der Waals surface area (Å²) >= 11 is 0. The number of nitrogens with one attached hydrogen (secondary N) is 4. The van der Waals surface area contributed by atoms with Gasteiger partial charge in [0.15, 0.2) is 0 Å². The van der Waals surface area contributed by atoms with E-state index in [2.05, 4.69) is 31.3 Å². The van der Waals surface area contributed by atoms with E-state index in [-0.39, 0.29) is 23.6 Å². The molecule has 250 valence electrons. The molecule has 13 heteroatoms. The Morgan fingerprint density at radius 1 is 0.957 bits per heavy atom. The molecular weight excluding hydrogens is 591 g/mol. The summed E-state index contributed by atoms with van der Waals surface area (Å²) in [6, 6.07) is 4.89. The Morgan fingerprint density at radius 3 is 2.30 bits per heavy atom. The number of piperazine rings is 1. The molecule has 1 aliphatic heterocycles. The molecule has 2 heterocycles. The molecule has 2 aliphatic carbocycles. The predicted molar refractivity (Wildman–Crippen MR) is 173 cm³/mol. The summed E-state index contributed by atoms with van der Waals surface area (Å²) in [6.07, 6.45) is 7.79. The van der Waals surface area contributed by atoms with Crippen LogP contribution in [0.4, 0.5) is 20.7 Å². The highest BCUT2D eigenvalue weighted by Crippen LogP contribution is 2.33. The van der Waals surface area contributed by atoms with Crippen molar-refractivity contribution in [2.24, 2.45) is 11.8 Å². The molecule has 1 aromatic heterocycles. The van der Waals surface area contributed by atoms with Crippen molar-refractivity contribution < 1.29 is 23.6 Å². The molecule has 1 aromatic carbocycles. The number of likely N-dealkylation sites (N-methyl/N-ethyl adjacent to an activating group) is 1. The summed E-state index contributed by atoms with van der Waals surface area (Å²) in [6.45, 7) is 6.79. The summed E-state index contributed by atoms with van der Waals surface area (Å²) in [5.41, 5.74) is 0.457. The van der Waals surface area contributed by atoms with Crippen LogP contribution in [0.15, 0.2) is 30.5 Å². The molecule has 2 saturated carbocycles. The van der Waals surface area contributed by atoms with E-state index in [0.29, 0.717) is 31.0 Å². The van der Waals surface area contributed by atoms with Crippen molar-refractivity contribution in [1.29, 1.82) is 0 Å². The Labute approximate surface area is 269 Å². The number of amides is 5. The van der Waals surface area contributed by atoms with Crippen LogP contribution in [0.5, 0.6) is 0 Å². The monoisotopic (exact) mass is 638 g/mol. The SMILES string of the molecule is CCn1nccc1NC(=O)[C@H](C(=O)Nc1ccc([C@H](C)[C@@H](NC(=O)NC2CC2)C(=O)N2CCN(C)CC2)cc1F)C1CCCCC1. The first-order valence-electron chi connectivity index (χ1n) is 16.6. The Balaban J connectivity index is 1.31. The van der Waals surface area contributed by atoms with Gasteiger partial charge in [0, 0.05) is 50.7 Å². The van der Waals surface area contributed by atoms with Crippen molar-refractivity contribution in [2.75, 3.05) is 43.9 Å². The summed E-state index contributed by atoms with van der Waals surface area (Å²) in [7, 11) is 2.00. The number of hydrogen-bond donors (Lipinski definition) is 4. The van der Waals surface area contributed by atoms with Gasteiger partial charge in [0.2, 0.25) is 17.7 Å². The number of anilines is 2. The molecule has 0 spiro atoms. The summed E-state index contributed by atoms with van der Waals surface area (Å²) in [4.78, 5) is 57.4. The second-order valence-corrected chi connectivity index (χ2v) is 12.9. The highest BCUT2D eigenvalue weighted by Gasteiger charge is 2.37. The van der Waals surface area contributed by atoms with Crippen molar-refractivity contribution in [3.05, 3.63) is 41.8 Å². The maximum absolute atomic E-state index is 15.7. The van der Waals surface area contributed by atoms with Gasteiger partial charge in [0.25, 0.3) is 0 Å².